The van der Waals surface area contributed by atoms with Crippen LogP contribution in [-0.4, -0.2) is 45.2 Å². The zero-order valence-corrected chi connectivity index (χ0v) is 17.2. The van der Waals surface area contributed by atoms with Gasteiger partial charge >= 0.3 is 11.9 Å². The van der Waals surface area contributed by atoms with Gasteiger partial charge < -0.3 is 25.3 Å². The molecule has 9 heteroatoms. The number of nitrogens with one attached hydrogen (secondary N) is 2. The molecule has 0 spiro atoms. The number of aliphatic carboxylic acids is 1. The van der Waals surface area contributed by atoms with Gasteiger partial charge in [0.15, 0.2) is 0 Å². The summed E-state index contributed by atoms with van der Waals surface area (Å²) in [6.07, 6.45) is 1.60. The fourth-order valence-corrected chi connectivity index (χ4v) is 4.08. The highest BCUT2D eigenvalue weighted by atomic mass is 35.5. The van der Waals surface area contributed by atoms with Crippen LogP contribution in [0, 0.1) is 0 Å². The summed E-state index contributed by atoms with van der Waals surface area (Å²) in [5.74, 6) is -3.46. The second-order valence-corrected chi connectivity index (χ2v) is 7.86. The van der Waals surface area contributed by atoms with Gasteiger partial charge in [0.25, 0.3) is 5.91 Å². The van der Waals surface area contributed by atoms with Gasteiger partial charge in [-0.05, 0) is 30.2 Å². The lowest BCUT2D eigenvalue weighted by atomic mass is 9.95. The van der Waals surface area contributed by atoms with E-state index < -0.39 is 35.7 Å². The molecule has 1 unspecified atom stereocenters. The van der Waals surface area contributed by atoms with E-state index in [1.165, 1.54) is 6.07 Å². The molecule has 31 heavy (non-hydrogen) atoms. The Morgan fingerprint density at radius 2 is 2.10 bits per heavy atom. The van der Waals surface area contributed by atoms with Gasteiger partial charge in [-0.3, -0.25) is 4.79 Å². The summed E-state index contributed by atoms with van der Waals surface area (Å²) in [6, 6.07) is 7.37. The van der Waals surface area contributed by atoms with Crippen LogP contribution in [0.3, 0.4) is 0 Å². The molecular weight excluding hydrogens is 424 g/mol. The highest BCUT2D eigenvalue weighted by Gasteiger charge is 2.33. The van der Waals surface area contributed by atoms with Gasteiger partial charge in [-0.15, -0.1) is 0 Å². The Morgan fingerprint density at radius 3 is 2.84 bits per heavy atom. The van der Waals surface area contributed by atoms with E-state index in [4.69, 9.17) is 16.3 Å². The van der Waals surface area contributed by atoms with Gasteiger partial charge in [-0.1, -0.05) is 29.8 Å². The lowest BCUT2D eigenvalue weighted by Gasteiger charge is -2.24. The molecule has 160 valence electrons. The minimum Gasteiger partial charge on any atom is -0.506 e. The molecule has 1 aromatic heterocycles. The zero-order chi connectivity index (χ0) is 22.3. The highest BCUT2D eigenvalue weighted by Crippen LogP contribution is 2.36. The van der Waals surface area contributed by atoms with Gasteiger partial charge in [-0.25, -0.2) is 9.59 Å². The number of para-hydroxylation sites is 1. The summed E-state index contributed by atoms with van der Waals surface area (Å²) >= 11 is 6.25. The quantitative estimate of drug-likeness (QED) is 0.449. The monoisotopic (exact) mass is 442 g/mol. The fraction of sp³-hybridized carbons (Fsp3) is 0.227. The van der Waals surface area contributed by atoms with Crippen LogP contribution in [0.1, 0.15) is 38.8 Å². The van der Waals surface area contributed by atoms with Crippen molar-refractivity contribution < 1.29 is 29.3 Å². The molecule has 0 saturated heterocycles. The number of aromatic nitrogens is 1. The number of carboxylic acids is 1. The number of aromatic amines is 1. The van der Waals surface area contributed by atoms with Crippen LogP contribution in [0.5, 0.6) is 5.75 Å². The Kier molecular flexibility index (Phi) is 5.32. The number of carbonyl (C=O) groups excluding carboxylic acids is 2. The highest BCUT2D eigenvalue weighted by molar-refractivity contribution is 6.32. The van der Waals surface area contributed by atoms with Crippen molar-refractivity contribution in [2.45, 2.75) is 31.9 Å². The topological polar surface area (TPSA) is 129 Å². The Balaban J connectivity index is 1.63. The molecule has 1 aliphatic rings. The molecule has 8 nitrogen and oxygen atoms in total. The van der Waals surface area contributed by atoms with Gasteiger partial charge in [0.2, 0.25) is 0 Å². The number of ether oxygens (including phenoxy) is 1. The molecule has 4 N–H and O–H groups in total. The standard InChI is InChI=1S/C22H19ClN2O6/c1-10-6-13-15(23)8-14(19(26)18(13)22(30)31-10)20(27)25-17(21(28)29)7-11-9-24-16-5-3-2-4-12(11)16/h2-5,8-10,17,24,26H,6-7H2,1H3,(H,25,27)(H,28,29)/t10?,17-/m0/s1. The fourth-order valence-electron chi connectivity index (χ4n) is 3.80. The predicted molar refractivity (Wildman–Crippen MR) is 113 cm³/mol. The minimum absolute atomic E-state index is 0.0179. The van der Waals surface area contributed by atoms with Gasteiger partial charge in [0.1, 0.15) is 23.5 Å². The second-order valence-electron chi connectivity index (χ2n) is 7.46. The van der Waals surface area contributed by atoms with Crippen LogP contribution in [0.15, 0.2) is 36.5 Å². The molecule has 0 radical (unpaired) electrons. The second kappa shape index (κ2) is 7.96. The minimum atomic E-state index is -1.27. The number of hydrogen-bond acceptors (Lipinski definition) is 5. The van der Waals surface area contributed by atoms with Crippen molar-refractivity contribution in [3.05, 3.63) is 63.8 Å². The summed E-state index contributed by atoms with van der Waals surface area (Å²) in [4.78, 5) is 39.9. The van der Waals surface area contributed by atoms with Crippen LogP contribution < -0.4 is 5.32 Å². The summed E-state index contributed by atoms with van der Waals surface area (Å²) < 4.78 is 5.13. The molecule has 4 rings (SSSR count). The first-order chi connectivity index (χ1) is 14.8. The van der Waals surface area contributed by atoms with Crippen LogP contribution >= 0.6 is 11.6 Å². The molecule has 0 bridgehead atoms. The number of halogens is 1. The number of benzene rings is 2. The van der Waals surface area contributed by atoms with Crippen molar-refractivity contribution in [1.29, 1.82) is 0 Å². The Hall–Kier alpha value is -3.52. The first kappa shape index (κ1) is 20.7. The Morgan fingerprint density at radius 1 is 1.35 bits per heavy atom. The molecule has 0 saturated carbocycles. The van der Waals surface area contributed by atoms with E-state index in [2.05, 4.69) is 10.3 Å². The SMILES string of the molecule is CC1Cc2c(Cl)cc(C(=O)N[C@@H](Cc3c[nH]c4ccccc34)C(=O)O)c(O)c2C(=O)O1. The van der Waals surface area contributed by atoms with Crippen LogP contribution in [0.25, 0.3) is 10.9 Å². The maximum atomic E-state index is 12.8. The lowest BCUT2D eigenvalue weighted by Crippen LogP contribution is -2.42. The van der Waals surface area contributed by atoms with Gasteiger partial charge in [-0.2, -0.15) is 0 Å². The lowest BCUT2D eigenvalue weighted by molar-refractivity contribution is -0.139. The molecular formula is C22H19ClN2O6. The number of carboxylic acid groups (broad SMARTS) is 1. The molecule has 0 aliphatic carbocycles. The zero-order valence-electron chi connectivity index (χ0n) is 16.4. The average molecular weight is 443 g/mol. The molecule has 2 atom stereocenters. The van der Waals surface area contributed by atoms with Crippen LogP contribution in [-0.2, 0) is 22.4 Å². The number of hydrogen-bond donors (Lipinski definition) is 4. The summed E-state index contributed by atoms with van der Waals surface area (Å²) in [5, 5.41) is 23.6. The largest absolute Gasteiger partial charge is 0.506 e. The number of H-pyrrole nitrogens is 1. The number of fused-ring (bicyclic) bond motifs is 2. The number of phenols is 1. The van der Waals surface area contributed by atoms with Crippen molar-refractivity contribution in [2.75, 3.05) is 0 Å². The number of aromatic hydroxyl groups is 1. The number of amides is 1. The van der Waals surface area contributed by atoms with Crippen LogP contribution in [0.2, 0.25) is 5.02 Å². The van der Waals surface area contributed by atoms with Crippen molar-refractivity contribution >= 4 is 40.3 Å². The van der Waals surface area contributed by atoms with E-state index in [1.54, 1.807) is 13.1 Å². The molecule has 1 amide bonds. The molecule has 3 aromatic rings. The smallest absolute Gasteiger partial charge is 0.342 e. The average Bonchev–Trinajstić information content (AvgIpc) is 3.12. The van der Waals surface area contributed by atoms with Crippen LogP contribution in [0.4, 0.5) is 0 Å². The van der Waals surface area contributed by atoms with Gasteiger partial charge in [0.05, 0.1) is 5.56 Å². The number of rotatable bonds is 5. The summed E-state index contributed by atoms with van der Waals surface area (Å²) in [6.45, 7) is 1.69. The summed E-state index contributed by atoms with van der Waals surface area (Å²) in [7, 11) is 0. The van der Waals surface area contributed by atoms with Crippen molar-refractivity contribution in [1.82, 2.24) is 10.3 Å². The van der Waals surface area contributed by atoms with E-state index in [1.807, 2.05) is 24.3 Å². The van der Waals surface area contributed by atoms with Crippen molar-refractivity contribution in [3.8, 4) is 5.75 Å². The van der Waals surface area contributed by atoms with E-state index in [0.717, 1.165) is 10.9 Å². The third-order valence-corrected chi connectivity index (χ3v) is 5.64. The molecule has 0 fully saturated rings. The molecule has 2 aromatic carbocycles. The number of cyclic esters (lactones) is 1. The molecule has 2 heterocycles. The third-order valence-electron chi connectivity index (χ3n) is 5.30. The van der Waals surface area contributed by atoms with E-state index in [0.29, 0.717) is 17.5 Å². The Labute approximate surface area is 181 Å². The van der Waals surface area contributed by atoms with E-state index in [9.17, 15) is 24.6 Å². The number of carbonyl (C=O) groups is 3. The summed E-state index contributed by atoms with van der Waals surface area (Å²) in [5.41, 5.74) is 1.50. The molecule has 1 aliphatic heterocycles. The van der Waals surface area contributed by atoms with E-state index in [-0.39, 0.29) is 22.6 Å². The van der Waals surface area contributed by atoms with Gasteiger partial charge in [0, 0.05) is 35.0 Å². The maximum Gasteiger partial charge on any atom is 0.342 e. The van der Waals surface area contributed by atoms with Crippen molar-refractivity contribution in [2.24, 2.45) is 0 Å². The van der Waals surface area contributed by atoms with Crippen molar-refractivity contribution in [3.63, 3.8) is 0 Å². The maximum absolute atomic E-state index is 12.8. The Bertz CT molecular complexity index is 1220. The third kappa shape index (κ3) is 3.82. The predicted octanol–water partition coefficient (Wildman–Crippen LogP) is 3.05. The first-order valence-corrected chi connectivity index (χ1v) is 9.98. The van der Waals surface area contributed by atoms with E-state index >= 15 is 0 Å². The first-order valence-electron chi connectivity index (χ1n) is 9.60. The number of esters is 1. The normalized spacial score (nSPS) is 16.5. The number of phenolic OH excluding ortho intramolecular Hbond substituents is 1.